The molecule has 16 heavy (non-hydrogen) atoms. The number of methoxy groups -OCH3 is 1. The molecule has 1 rings (SSSR count). The van der Waals surface area contributed by atoms with Crippen LogP contribution in [0.5, 0.6) is 0 Å². The van der Waals surface area contributed by atoms with Crippen molar-refractivity contribution in [3.63, 3.8) is 0 Å². The monoisotopic (exact) mass is 244 g/mol. The summed E-state index contributed by atoms with van der Waals surface area (Å²) >= 11 is 4.93. The summed E-state index contributed by atoms with van der Waals surface area (Å²) in [4.78, 5) is 3.12. The highest BCUT2D eigenvalue weighted by Gasteiger charge is 2.29. The van der Waals surface area contributed by atoms with Gasteiger partial charge >= 0.3 is 0 Å². The molecule has 0 atom stereocenters. The molecule has 0 amide bonds. The number of rotatable bonds is 8. The Bertz CT molecular complexity index is 239. The van der Waals surface area contributed by atoms with Crippen LogP contribution in [-0.2, 0) is 4.74 Å². The number of nitrogens with zero attached hydrogens (tertiary/aromatic N) is 1. The maximum Gasteiger partial charge on any atom is 0.0740 e. The van der Waals surface area contributed by atoms with Gasteiger partial charge in [0.25, 0.3) is 0 Å². The number of hydrogen-bond donors (Lipinski definition) is 1. The summed E-state index contributed by atoms with van der Waals surface area (Å²) in [6.07, 6.45) is 4.53. The molecule has 0 radical (unpaired) electrons. The minimum atomic E-state index is -0.0314. The fraction of sp³-hybridized carbons (Fsp3) is 0.917. The molecule has 3 nitrogen and oxygen atoms in total. The molecule has 0 heterocycles. The fourth-order valence-electron chi connectivity index (χ4n) is 1.69. The van der Waals surface area contributed by atoms with E-state index in [1.807, 2.05) is 0 Å². The van der Waals surface area contributed by atoms with Crippen molar-refractivity contribution in [1.82, 2.24) is 4.90 Å². The Labute approximate surface area is 104 Å². The third kappa shape index (κ3) is 5.23. The molecule has 0 aliphatic heterocycles. The van der Waals surface area contributed by atoms with E-state index >= 15 is 0 Å². The van der Waals surface area contributed by atoms with Crippen LogP contribution in [0.25, 0.3) is 0 Å². The quantitative estimate of drug-likeness (QED) is 0.662. The van der Waals surface area contributed by atoms with Gasteiger partial charge in [0.1, 0.15) is 0 Å². The van der Waals surface area contributed by atoms with E-state index in [9.17, 15) is 0 Å². The zero-order valence-corrected chi connectivity index (χ0v) is 11.5. The van der Waals surface area contributed by atoms with Gasteiger partial charge in [-0.15, -0.1) is 0 Å². The maximum atomic E-state index is 5.55. The number of hydrogen-bond acceptors (Lipinski definition) is 3. The highest BCUT2D eigenvalue weighted by atomic mass is 32.1. The summed E-state index contributed by atoms with van der Waals surface area (Å²) in [5.74, 6) is 0. The predicted molar refractivity (Wildman–Crippen MR) is 71.7 cm³/mol. The lowest BCUT2D eigenvalue weighted by Crippen LogP contribution is -2.35. The van der Waals surface area contributed by atoms with Crippen LogP contribution >= 0.6 is 12.2 Å². The molecule has 0 unspecified atom stereocenters. The number of ether oxygens (including phenoxy) is 1. The Kier molecular flexibility index (Phi) is 5.15. The van der Waals surface area contributed by atoms with Crippen molar-refractivity contribution in [2.45, 2.75) is 51.2 Å². The normalized spacial score (nSPS) is 16.8. The Hall–Kier alpha value is -0.190. The van der Waals surface area contributed by atoms with Crippen LogP contribution in [0.3, 0.4) is 0 Å². The lowest BCUT2D eigenvalue weighted by atomic mass is 10.0. The van der Waals surface area contributed by atoms with Gasteiger partial charge in [0.2, 0.25) is 0 Å². The third-order valence-corrected chi connectivity index (χ3v) is 3.47. The van der Waals surface area contributed by atoms with E-state index < -0.39 is 0 Å². The molecule has 0 aromatic carbocycles. The van der Waals surface area contributed by atoms with Gasteiger partial charge in [0.15, 0.2) is 0 Å². The largest absolute Gasteiger partial charge is 0.393 e. The summed E-state index contributed by atoms with van der Waals surface area (Å²) in [6.45, 7) is 6.34. The van der Waals surface area contributed by atoms with Crippen LogP contribution in [0.2, 0.25) is 0 Å². The Morgan fingerprint density at radius 1 is 1.44 bits per heavy atom. The average molecular weight is 244 g/mol. The second kappa shape index (κ2) is 5.94. The summed E-state index contributed by atoms with van der Waals surface area (Å²) in [7, 11) is 1.77. The van der Waals surface area contributed by atoms with Gasteiger partial charge in [-0.25, -0.2) is 0 Å². The van der Waals surface area contributed by atoms with E-state index in [1.54, 1.807) is 7.11 Å². The first-order valence-corrected chi connectivity index (χ1v) is 6.43. The first-order chi connectivity index (χ1) is 7.44. The van der Waals surface area contributed by atoms with Gasteiger partial charge in [0.05, 0.1) is 10.6 Å². The van der Waals surface area contributed by atoms with Crippen molar-refractivity contribution in [2.24, 2.45) is 5.73 Å². The van der Waals surface area contributed by atoms with Crippen LogP contribution < -0.4 is 5.73 Å². The molecule has 1 fully saturated rings. The Morgan fingerprint density at radius 3 is 2.50 bits per heavy atom. The van der Waals surface area contributed by atoms with Crippen LogP contribution in [0.1, 0.15) is 39.5 Å². The van der Waals surface area contributed by atoms with Crippen molar-refractivity contribution in [3.05, 3.63) is 0 Å². The SMILES string of the molecule is COC(C)(C)CCN(CCC(N)=S)C1CC1. The lowest BCUT2D eigenvalue weighted by Gasteiger charge is -2.28. The maximum absolute atomic E-state index is 5.55. The zero-order chi connectivity index (χ0) is 12.2. The predicted octanol–water partition coefficient (Wildman–Crippen LogP) is 1.94. The van der Waals surface area contributed by atoms with E-state index in [1.165, 1.54) is 12.8 Å². The molecule has 4 heteroatoms. The van der Waals surface area contributed by atoms with Gasteiger partial charge in [-0.2, -0.15) is 0 Å². The van der Waals surface area contributed by atoms with E-state index in [0.29, 0.717) is 4.99 Å². The minimum absolute atomic E-state index is 0.0314. The van der Waals surface area contributed by atoms with Crippen molar-refractivity contribution in [1.29, 1.82) is 0 Å². The number of nitrogens with two attached hydrogens (primary N) is 1. The van der Waals surface area contributed by atoms with E-state index in [0.717, 1.165) is 32.0 Å². The van der Waals surface area contributed by atoms with Crippen LogP contribution in [0.4, 0.5) is 0 Å². The van der Waals surface area contributed by atoms with Gasteiger partial charge in [-0.3, -0.25) is 4.90 Å². The van der Waals surface area contributed by atoms with Crippen molar-refractivity contribution in [2.75, 3.05) is 20.2 Å². The van der Waals surface area contributed by atoms with E-state index in [-0.39, 0.29) is 5.60 Å². The molecule has 0 spiro atoms. The molecule has 94 valence electrons. The summed E-state index contributed by atoms with van der Waals surface area (Å²) in [5, 5.41) is 0. The van der Waals surface area contributed by atoms with Crippen LogP contribution in [-0.4, -0.2) is 41.7 Å². The molecule has 1 aliphatic carbocycles. The second-order valence-electron chi connectivity index (χ2n) is 5.20. The molecule has 0 aromatic heterocycles. The molecular formula is C12H24N2OS. The molecule has 0 saturated heterocycles. The van der Waals surface area contributed by atoms with Crippen LogP contribution in [0.15, 0.2) is 0 Å². The highest BCUT2D eigenvalue weighted by molar-refractivity contribution is 7.80. The van der Waals surface area contributed by atoms with Gasteiger partial charge in [-0.05, 0) is 33.1 Å². The highest BCUT2D eigenvalue weighted by Crippen LogP contribution is 2.28. The molecule has 0 bridgehead atoms. The Balaban J connectivity index is 2.31. The summed E-state index contributed by atoms with van der Waals surface area (Å²) in [5.41, 5.74) is 5.52. The van der Waals surface area contributed by atoms with Gasteiger partial charge in [-0.1, -0.05) is 12.2 Å². The standard InChI is InChI=1S/C12H24N2OS/c1-12(2,15-3)7-9-14(10-4-5-10)8-6-11(13)16/h10H,4-9H2,1-3H3,(H2,13,16). The summed E-state index contributed by atoms with van der Waals surface area (Å²) in [6, 6.07) is 0.766. The van der Waals surface area contributed by atoms with Crippen molar-refractivity contribution < 1.29 is 4.74 Å². The summed E-state index contributed by atoms with van der Waals surface area (Å²) < 4.78 is 5.44. The second-order valence-corrected chi connectivity index (χ2v) is 5.72. The lowest BCUT2D eigenvalue weighted by molar-refractivity contribution is 0.00700. The van der Waals surface area contributed by atoms with Crippen LogP contribution in [0, 0.1) is 0 Å². The number of thiocarbonyl (C=S) groups is 1. The Morgan fingerprint density at radius 2 is 2.06 bits per heavy atom. The molecule has 2 N–H and O–H groups in total. The average Bonchev–Trinajstić information content (AvgIpc) is 3.01. The van der Waals surface area contributed by atoms with E-state index in [4.69, 9.17) is 22.7 Å². The van der Waals surface area contributed by atoms with Gasteiger partial charge < -0.3 is 10.5 Å². The smallest absolute Gasteiger partial charge is 0.0740 e. The molecular weight excluding hydrogens is 220 g/mol. The van der Waals surface area contributed by atoms with Crippen molar-refractivity contribution in [3.8, 4) is 0 Å². The topological polar surface area (TPSA) is 38.5 Å². The van der Waals surface area contributed by atoms with Crippen molar-refractivity contribution >= 4 is 17.2 Å². The molecule has 1 saturated carbocycles. The van der Waals surface area contributed by atoms with E-state index in [2.05, 4.69) is 18.7 Å². The third-order valence-electron chi connectivity index (χ3n) is 3.26. The molecule has 0 aromatic rings. The first kappa shape index (κ1) is 13.9. The molecule has 1 aliphatic rings. The first-order valence-electron chi connectivity index (χ1n) is 6.02. The van der Waals surface area contributed by atoms with Gasteiger partial charge in [0, 0.05) is 32.7 Å². The zero-order valence-electron chi connectivity index (χ0n) is 10.7. The minimum Gasteiger partial charge on any atom is -0.393 e. The fourth-order valence-corrected chi connectivity index (χ4v) is 1.78.